The van der Waals surface area contributed by atoms with Crippen LogP contribution in [0.2, 0.25) is 38.3 Å². The summed E-state index contributed by atoms with van der Waals surface area (Å²) < 4.78 is 78.6. The zero-order valence-corrected chi connectivity index (χ0v) is 13.5. The smallest absolute Gasteiger partial charge is 0.388 e. The summed E-state index contributed by atoms with van der Waals surface area (Å²) in [6, 6.07) is -0.224. The first kappa shape index (κ1) is 19.0. The molecule has 0 saturated heterocycles. The first-order valence-electron chi connectivity index (χ1n) is 5.96. The van der Waals surface area contributed by atoms with Crippen LogP contribution in [-0.2, 0) is 4.12 Å². The van der Waals surface area contributed by atoms with E-state index >= 15 is 0 Å². The summed E-state index contributed by atoms with van der Waals surface area (Å²) in [5.41, 5.74) is 0. The second kappa shape index (κ2) is 6.17. The Labute approximate surface area is 111 Å². The molecule has 0 aromatic carbocycles. The predicted octanol–water partition coefficient (Wildman–Crippen LogP) is 5.32. The van der Waals surface area contributed by atoms with Crippen LogP contribution < -0.4 is 0 Å². The minimum absolute atomic E-state index is 0.112. The minimum atomic E-state index is -4.24. The summed E-state index contributed by atoms with van der Waals surface area (Å²) in [7, 11) is -5.14. The molecule has 0 aliphatic carbocycles. The third kappa shape index (κ3) is 11.5. The molecule has 0 rings (SSSR count). The molecule has 0 aliphatic heterocycles. The van der Waals surface area contributed by atoms with Crippen molar-refractivity contribution in [2.45, 2.75) is 63.5 Å². The van der Waals surface area contributed by atoms with E-state index in [1.54, 1.807) is 26.2 Å². The molecule has 1 nitrogen and oxygen atoms in total. The lowest BCUT2D eigenvalue weighted by molar-refractivity contribution is -0.131. The number of alkyl halides is 6. The number of halogens is 6. The monoisotopic (exact) mass is 326 g/mol. The molecule has 0 atom stereocenters. The van der Waals surface area contributed by atoms with Gasteiger partial charge in [-0.05, 0) is 38.3 Å². The van der Waals surface area contributed by atoms with Gasteiger partial charge in [0.1, 0.15) is 0 Å². The molecule has 19 heavy (non-hydrogen) atoms. The van der Waals surface area contributed by atoms with Crippen LogP contribution in [0.3, 0.4) is 0 Å². The fraction of sp³-hybridized carbons (Fsp3) is 1.00. The van der Waals surface area contributed by atoms with E-state index in [1.807, 2.05) is 0 Å². The maximum atomic E-state index is 12.2. The fourth-order valence-electron chi connectivity index (χ4n) is 1.74. The van der Waals surface area contributed by atoms with Crippen LogP contribution in [0, 0.1) is 0 Å². The van der Waals surface area contributed by atoms with Crippen LogP contribution in [0.1, 0.15) is 12.8 Å². The lowest BCUT2D eigenvalue weighted by Gasteiger charge is -2.34. The fourth-order valence-corrected chi connectivity index (χ4v) is 10.3. The second-order valence-corrected chi connectivity index (χ2v) is 14.7. The van der Waals surface area contributed by atoms with E-state index < -0.39 is 41.8 Å². The molecular formula is C10H20F6OSi2. The lowest BCUT2D eigenvalue weighted by Crippen LogP contribution is -2.45. The Morgan fingerprint density at radius 2 is 0.947 bits per heavy atom. The summed E-state index contributed by atoms with van der Waals surface area (Å²) in [4.78, 5) is 0. The average Bonchev–Trinajstić information content (AvgIpc) is 2.09. The quantitative estimate of drug-likeness (QED) is 0.474. The Bertz CT molecular complexity index is 257. The van der Waals surface area contributed by atoms with E-state index in [4.69, 9.17) is 4.12 Å². The highest BCUT2D eigenvalue weighted by atomic mass is 28.4. The maximum Gasteiger partial charge on any atom is 0.388 e. The van der Waals surface area contributed by atoms with Crippen LogP contribution in [0.5, 0.6) is 0 Å². The van der Waals surface area contributed by atoms with Gasteiger partial charge in [0.15, 0.2) is 16.6 Å². The predicted molar refractivity (Wildman–Crippen MR) is 67.0 cm³/mol. The minimum Gasteiger partial charge on any atom is -0.455 e. The van der Waals surface area contributed by atoms with E-state index in [0.717, 1.165) is 0 Å². The normalized spacial score (nSPS) is 14.8. The number of hydrogen-bond donors (Lipinski definition) is 0. The number of rotatable bonds is 6. The molecule has 0 aromatic heterocycles. The molecule has 9 heteroatoms. The summed E-state index contributed by atoms with van der Waals surface area (Å²) in [6.45, 7) is 6.50. The molecule has 116 valence electrons. The van der Waals surface area contributed by atoms with E-state index in [1.165, 1.54) is 0 Å². The van der Waals surface area contributed by atoms with Gasteiger partial charge in [0.05, 0.1) is 0 Å². The van der Waals surface area contributed by atoms with Crippen molar-refractivity contribution in [2.75, 3.05) is 0 Å². The van der Waals surface area contributed by atoms with E-state index in [2.05, 4.69) is 0 Å². The Morgan fingerprint density at radius 3 is 1.16 bits per heavy atom. The van der Waals surface area contributed by atoms with Crippen molar-refractivity contribution >= 4 is 16.6 Å². The van der Waals surface area contributed by atoms with Crippen LogP contribution >= 0.6 is 0 Å². The first-order chi connectivity index (χ1) is 8.12. The first-order valence-corrected chi connectivity index (χ1v) is 12.2. The van der Waals surface area contributed by atoms with Gasteiger partial charge >= 0.3 is 12.4 Å². The molecule has 0 unspecified atom stereocenters. The molecule has 0 N–H and O–H groups in total. The molecule has 0 saturated carbocycles. The summed E-state index contributed by atoms with van der Waals surface area (Å²) >= 11 is 0. The Hall–Kier alpha value is -0.0262. The van der Waals surface area contributed by atoms with Crippen molar-refractivity contribution in [3.05, 3.63) is 0 Å². The van der Waals surface area contributed by atoms with Crippen LogP contribution in [0.15, 0.2) is 0 Å². The molecule has 0 spiro atoms. The van der Waals surface area contributed by atoms with Crippen LogP contribution in [0.4, 0.5) is 26.3 Å². The van der Waals surface area contributed by atoms with Gasteiger partial charge in [0, 0.05) is 12.8 Å². The topological polar surface area (TPSA) is 9.23 Å². The Balaban J connectivity index is 4.37. The summed E-state index contributed by atoms with van der Waals surface area (Å²) in [5, 5.41) is 0. The SMILES string of the molecule is C[Si](C)(CCC(F)(F)F)O[Si](C)(C)CCC(F)(F)F. The van der Waals surface area contributed by atoms with Gasteiger partial charge in [-0.15, -0.1) is 0 Å². The Morgan fingerprint density at radius 1 is 0.684 bits per heavy atom. The zero-order chi connectivity index (χ0) is 15.5. The van der Waals surface area contributed by atoms with Crippen molar-refractivity contribution in [3.63, 3.8) is 0 Å². The number of hydrogen-bond acceptors (Lipinski definition) is 1. The van der Waals surface area contributed by atoms with Crippen molar-refractivity contribution in [1.29, 1.82) is 0 Å². The van der Waals surface area contributed by atoms with Gasteiger partial charge in [-0.1, -0.05) is 0 Å². The van der Waals surface area contributed by atoms with Crippen molar-refractivity contribution in [1.82, 2.24) is 0 Å². The second-order valence-electron chi connectivity index (χ2n) is 5.85. The zero-order valence-electron chi connectivity index (χ0n) is 11.5. The molecule has 0 aromatic rings. The Kier molecular flexibility index (Phi) is 6.16. The largest absolute Gasteiger partial charge is 0.455 e. The van der Waals surface area contributed by atoms with E-state index in [9.17, 15) is 26.3 Å². The highest BCUT2D eigenvalue weighted by Crippen LogP contribution is 2.31. The maximum absolute atomic E-state index is 12.2. The van der Waals surface area contributed by atoms with Gasteiger partial charge in [0.25, 0.3) is 0 Å². The standard InChI is InChI=1S/C10H20F6OSi2/c1-18(2,7-5-9(11,12)13)17-19(3,4)8-6-10(14,15)16/h5-8H2,1-4H3. The molecule has 0 heterocycles. The van der Waals surface area contributed by atoms with E-state index in [0.29, 0.717) is 0 Å². The van der Waals surface area contributed by atoms with Gasteiger partial charge < -0.3 is 4.12 Å². The third-order valence-corrected chi connectivity index (χ3v) is 9.90. The molecule has 0 radical (unpaired) electrons. The van der Waals surface area contributed by atoms with Crippen molar-refractivity contribution in [3.8, 4) is 0 Å². The molecule has 0 fully saturated rings. The van der Waals surface area contributed by atoms with Gasteiger partial charge in [0.2, 0.25) is 0 Å². The van der Waals surface area contributed by atoms with Gasteiger partial charge in [-0.3, -0.25) is 0 Å². The molecule has 0 amide bonds. The average molecular weight is 326 g/mol. The lowest BCUT2D eigenvalue weighted by atomic mass is 10.5. The van der Waals surface area contributed by atoms with Crippen LogP contribution in [0.25, 0.3) is 0 Å². The highest BCUT2D eigenvalue weighted by molar-refractivity contribution is 6.84. The summed E-state index contributed by atoms with van der Waals surface area (Å²) in [6.07, 6.45) is -10.4. The van der Waals surface area contributed by atoms with Gasteiger partial charge in [-0.25, -0.2) is 0 Å². The van der Waals surface area contributed by atoms with Gasteiger partial charge in [-0.2, -0.15) is 26.3 Å². The third-order valence-electron chi connectivity index (χ3n) is 2.57. The molecule has 0 bridgehead atoms. The molecular weight excluding hydrogens is 306 g/mol. The molecule has 0 aliphatic rings. The van der Waals surface area contributed by atoms with E-state index in [-0.39, 0.29) is 12.1 Å². The summed E-state index contributed by atoms with van der Waals surface area (Å²) in [5.74, 6) is 0. The van der Waals surface area contributed by atoms with Crippen LogP contribution in [-0.4, -0.2) is 29.0 Å². The highest BCUT2D eigenvalue weighted by Gasteiger charge is 2.39. The van der Waals surface area contributed by atoms with Crippen molar-refractivity contribution in [2.24, 2.45) is 0 Å². The van der Waals surface area contributed by atoms with Crippen molar-refractivity contribution < 1.29 is 30.5 Å².